The third-order valence-electron chi connectivity index (χ3n) is 2.79. The van der Waals surface area contributed by atoms with Crippen molar-refractivity contribution in [3.05, 3.63) is 71.8 Å². The average molecular weight is 300 g/mol. The molecule has 0 aliphatic heterocycles. The molecule has 0 aromatic heterocycles. The van der Waals surface area contributed by atoms with E-state index in [-0.39, 0.29) is 12.4 Å². The molecule has 0 saturated heterocycles. The van der Waals surface area contributed by atoms with Crippen LogP contribution in [0.1, 0.15) is 11.1 Å². The number of Topliss-reactive ketones (excluding diaryl/α,β-unsaturated/α-hetero) is 1. The van der Waals surface area contributed by atoms with Crippen molar-refractivity contribution in [1.29, 1.82) is 0 Å². The van der Waals surface area contributed by atoms with Crippen molar-refractivity contribution < 1.29 is 14.3 Å². The van der Waals surface area contributed by atoms with Gasteiger partial charge in [-0.25, -0.2) is 4.79 Å². The molecule has 0 fully saturated rings. The summed E-state index contributed by atoms with van der Waals surface area (Å²) in [7, 11) is 0. The van der Waals surface area contributed by atoms with E-state index < -0.39 is 11.8 Å². The highest BCUT2D eigenvalue weighted by Gasteiger charge is 2.15. The highest BCUT2D eigenvalue weighted by molar-refractivity contribution is 7.99. The first kappa shape index (κ1) is 15.3. The van der Waals surface area contributed by atoms with Crippen LogP contribution in [0.25, 0.3) is 0 Å². The number of ketones is 1. The molecule has 0 amide bonds. The first-order chi connectivity index (χ1) is 10.3. The molecule has 0 bridgehead atoms. The van der Waals surface area contributed by atoms with Crippen molar-refractivity contribution in [2.45, 2.75) is 12.4 Å². The van der Waals surface area contributed by atoms with Gasteiger partial charge in [-0.05, 0) is 11.1 Å². The summed E-state index contributed by atoms with van der Waals surface area (Å²) in [5.74, 6) is -0.410. The first-order valence-electron chi connectivity index (χ1n) is 6.61. The number of carbonyl (C=O) groups excluding carboxylic acids is 2. The van der Waals surface area contributed by atoms with Crippen LogP contribution in [0.3, 0.4) is 0 Å². The summed E-state index contributed by atoms with van der Waals surface area (Å²) in [6.45, 7) is 0.134. The fourth-order valence-corrected chi connectivity index (χ4v) is 2.53. The fourth-order valence-electron chi connectivity index (χ4n) is 1.70. The topological polar surface area (TPSA) is 43.4 Å². The first-order valence-corrected chi connectivity index (χ1v) is 7.77. The summed E-state index contributed by atoms with van der Waals surface area (Å²) >= 11 is 1.41. The van der Waals surface area contributed by atoms with Gasteiger partial charge in [-0.2, -0.15) is 0 Å². The summed E-state index contributed by atoms with van der Waals surface area (Å²) < 4.78 is 4.99. The number of hydrogen-bond donors (Lipinski definition) is 0. The SMILES string of the molecule is O=C(CSCc1ccccc1)C(=O)OCc1ccccc1. The van der Waals surface area contributed by atoms with Crippen LogP contribution in [-0.2, 0) is 26.7 Å². The second-order valence-electron chi connectivity index (χ2n) is 4.46. The van der Waals surface area contributed by atoms with Crippen molar-refractivity contribution >= 4 is 23.5 Å². The molecule has 2 rings (SSSR count). The Balaban J connectivity index is 1.69. The van der Waals surface area contributed by atoms with Gasteiger partial charge in [-0.3, -0.25) is 4.79 Å². The molecule has 0 atom stereocenters. The number of thioether (sulfide) groups is 1. The van der Waals surface area contributed by atoms with Crippen molar-refractivity contribution in [3.63, 3.8) is 0 Å². The third kappa shape index (κ3) is 5.44. The third-order valence-corrected chi connectivity index (χ3v) is 3.79. The Morgan fingerprint density at radius 3 is 2.05 bits per heavy atom. The van der Waals surface area contributed by atoms with E-state index in [2.05, 4.69) is 0 Å². The Hall–Kier alpha value is -2.07. The smallest absolute Gasteiger partial charge is 0.375 e. The van der Waals surface area contributed by atoms with Crippen molar-refractivity contribution in [3.8, 4) is 0 Å². The minimum Gasteiger partial charge on any atom is -0.455 e. The van der Waals surface area contributed by atoms with E-state index in [0.717, 1.165) is 11.1 Å². The van der Waals surface area contributed by atoms with Crippen LogP contribution in [0.4, 0.5) is 0 Å². The zero-order valence-corrected chi connectivity index (χ0v) is 12.3. The molecule has 0 spiro atoms. The second-order valence-corrected chi connectivity index (χ2v) is 5.45. The molecule has 0 heterocycles. The zero-order chi connectivity index (χ0) is 14.9. The number of carbonyl (C=O) groups is 2. The van der Waals surface area contributed by atoms with Gasteiger partial charge in [-0.1, -0.05) is 60.7 Å². The van der Waals surface area contributed by atoms with E-state index in [9.17, 15) is 9.59 Å². The number of benzene rings is 2. The molecule has 0 unspecified atom stereocenters. The maximum absolute atomic E-state index is 11.7. The largest absolute Gasteiger partial charge is 0.455 e. The number of hydrogen-bond acceptors (Lipinski definition) is 4. The maximum atomic E-state index is 11.7. The number of rotatable bonds is 7. The predicted octanol–water partition coefficient (Wildman–Crippen LogP) is 3.23. The van der Waals surface area contributed by atoms with Gasteiger partial charge in [0.25, 0.3) is 0 Å². The quantitative estimate of drug-likeness (QED) is 0.581. The van der Waals surface area contributed by atoms with Gasteiger partial charge in [0.2, 0.25) is 5.78 Å². The minimum absolute atomic E-state index is 0.134. The summed E-state index contributed by atoms with van der Waals surface area (Å²) in [6, 6.07) is 19.1. The van der Waals surface area contributed by atoms with E-state index in [4.69, 9.17) is 4.74 Å². The molecule has 0 saturated carbocycles. The molecule has 0 aliphatic carbocycles. The van der Waals surface area contributed by atoms with Gasteiger partial charge in [-0.15, -0.1) is 11.8 Å². The standard InChI is InChI=1S/C17H16O3S/c18-16(13-21-12-15-9-5-2-6-10-15)17(19)20-11-14-7-3-1-4-8-14/h1-10H,11-13H2. The Labute approximate surface area is 128 Å². The monoisotopic (exact) mass is 300 g/mol. The second kappa shape index (κ2) is 8.27. The maximum Gasteiger partial charge on any atom is 0.375 e. The lowest BCUT2D eigenvalue weighted by Crippen LogP contribution is -2.19. The normalized spacial score (nSPS) is 10.1. The lowest BCUT2D eigenvalue weighted by molar-refractivity contribution is -0.153. The molecule has 0 aliphatic rings. The summed E-state index contributed by atoms with van der Waals surface area (Å²) in [4.78, 5) is 23.2. The lowest BCUT2D eigenvalue weighted by atomic mass is 10.2. The predicted molar refractivity (Wildman–Crippen MR) is 83.8 cm³/mol. The molecular formula is C17H16O3S. The van der Waals surface area contributed by atoms with Crippen molar-refractivity contribution in [2.75, 3.05) is 5.75 Å². The van der Waals surface area contributed by atoms with Gasteiger partial charge >= 0.3 is 5.97 Å². The van der Waals surface area contributed by atoms with Crippen LogP contribution in [0, 0.1) is 0 Å². The average Bonchev–Trinajstić information content (AvgIpc) is 2.54. The van der Waals surface area contributed by atoms with Crippen LogP contribution in [0.5, 0.6) is 0 Å². The lowest BCUT2D eigenvalue weighted by Gasteiger charge is -2.04. The van der Waals surface area contributed by atoms with Gasteiger partial charge in [0, 0.05) is 5.75 Å². The van der Waals surface area contributed by atoms with Crippen LogP contribution in [-0.4, -0.2) is 17.5 Å². The van der Waals surface area contributed by atoms with E-state index >= 15 is 0 Å². The van der Waals surface area contributed by atoms with Gasteiger partial charge in [0.05, 0.1) is 5.75 Å². The zero-order valence-electron chi connectivity index (χ0n) is 11.5. The molecular weight excluding hydrogens is 284 g/mol. The Morgan fingerprint density at radius 1 is 0.857 bits per heavy atom. The Bertz CT molecular complexity index is 581. The molecule has 3 nitrogen and oxygen atoms in total. The highest BCUT2D eigenvalue weighted by Crippen LogP contribution is 2.12. The molecule has 4 heteroatoms. The Morgan fingerprint density at radius 2 is 1.43 bits per heavy atom. The molecule has 2 aromatic carbocycles. The number of ether oxygens (including phenoxy) is 1. The summed E-state index contributed by atoms with van der Waals surface area (Å²) in [6.07, 6.45) is 0. The van der Waals surface area contributed by atoms with Gasteiger partial charge in [0.15, 0.2) is 0 Å². The van der Waals surface area contributed by atoms with E-state index in [1.807, 2.05) is 60.7 Å². The van der Waals surface area contributed by atoms with E-state index in [0.29, 0.717) is 5.75 Å². The highest BCUT2D eigenvalue weighted by atomic mass is 32.2. The molecule has 21 heavy (non-hydrogen) atoms. The van der Waals surface area contributed by atoms with Crippen molar-refractivity contribution in [1.82, 2.24) is 0 Å². The molecule has 2 aromatic rings. The fraction of sp³-hybridized carbons (Fsp3) is 0.176. The van der Waals surface area contributed by atoms with E-state index in [1.165, 1.54) is 11.8 Å². The van der Waals surface area contributed by atoms with Crippen LogP contribution in [0.2, 0.25) is 0 Å². The molecule has 0 radical (unpaired) electrons. The van der Waals surface area contributed by atoms with Crippen LogP contribution < -0.4 is 0 Å². The van der Waals surface area contributed by atoms with Crippen molar-refractivity contribution in [2.24, 2.45) is 0 Å². The summed E-state index contributed by atoms with van der Waals surface area (Å²) in [5.41, 5.74) is 2.00. The van der Waals surface area contributed by atoms with Gasteiger partial charge in [0.1, 0.15) is 6.61 Å². The van der Waals surface area contributed by atoms with E-state index in [1.54, 1.807) is 0 Å². The number of esters is 1. The van der Waals surface area contributed by atoms with Crippen LogP contribution >= 0.6 is 11.8 Å². The van der Waals surface area contributed by atoms with Gasteiger partial charge < -0.3 is 4.74 Å². The summed E-state index contributed by atoms with van der Waals surface area (Å²) in [5, 5.41) is 0. The van der Waals surface area contributed by atoms with Crippen LogP contribution in [0.15, 0.2) is 60.7 Å². The Kier molecular flexibility index (Phi) is 6.03. The minimum atomic E-state index is -0.764. The molecule has 108 valence electrons. The molecule has 0 N–H and O–H groups in total.